The van der Waals surface area contributed by atoms with E-state index in [2.05, 4.69) is 25.6 Å². The summed E-state index contributed by atoms with van der Waals surface area (Å²) in [5.41, 5.74) is 2.38. The standard InChI is InChI=1S/C18H12N6OS3/c25-16(20-17-19-11-4-1-2-5-14(11)28-17)10-27-18-22-21-15-8-7-12(23-24(15)18)13-6-3-9-26-13/h1-9H,10H2,(H,19,20,25). The van der Waals surface area contributed by atoms with E-state index in [-0.39, 0.29) is 11.7 Å². The molecule has 1 aromatic carbocycles. The van der Waals surface area contributed by atoms with Crippen LogP contribution in [-0.4, -0.2) is 36.5 Å². The van der Waals surface area contributed by atoms with Crippen molar-refractivity contribution in [1.29, 1.82) is 0 Å². The van der Waals surface area contributed by atoms with Crippen molar-refractivity contribution in [3.63, 3.8) is 0 Å². The lowest BCUT2D eigenvalue weighted by atomic mass is 10.3. The molecule has 0 saturated heterocycles. The number of benzene rings is 1. The van der Waals surface area contributed by atoms with Crippen LogP contribution in [0.25, 0.3) is 26.4 Å². The van der Waals surface area contributed by atoms with Crippen LogP contribution >= 0.6 is 34.4 Å². The van der Waals surface area contributed by atoms with Gasteiger partial charge in [-0.2, -0.15) is 9.61 Å². The molecular formula is C18H12N6OS3. The van der Waals surface area contributed by atoms with Crippen LogP contribution in [0.4, 0.5) is 5.13 Å². The Bertz CT molecular complexity index is 1240. The minimum atomic E-state index is -0.143. The minimum absolute atomic E-state index is 0.143. The molecule has 1 N–H and O–H groups in total. The van der Waals surface area contributed by atoms with Crippen LogP contribution in [0.5, 0.6) is 0 Å². The smallest absolute Gasteiger partial charge is 0.236 e. The predicted molar refractivity (Wildman–Crippen MR) is 113 cm³/mol. The van der Waals surface area contributed by atoms with Gasteiger partial charge in [0.2, 0.25) is 11.1 Å². The molecule has 4 aromatic heterocycles. The Balaban J connectivity index is 1.31. The van der Waals surface area contributed by atoms with Crippen LogP contribution in [-0.2, 0) is 4.79 Å². The van der Waals surface area contributed by atoms with Gasteiger partial charge in [0.05, 0.1) is 20.8 Å². The third-order valence-electron chi connectivity index (χ3n) is 3.88. The molecule has 1 amide bonds. The molecule has 138 valence electrons. The number of fused-ring (bicyclic) bond motifs is 2. The second kappa shape index (κ2) is 7.30. The van der Waals surface area contributed by atoms with Crippen molar-refractivity contribution in [3.8, 4) is 10.6 Å². The van der Waals surface area contributed by atoms with E-state index in [4.69, 9.17) is 0 Å². The van der Waals surface area contributed by atoms with Gasteiger partial charge in [-0.25, -0.2) is 4.98 Å². The molecule has 0 aliphatic carbocycles. The molecule has 0 aliphatic heterocycles. The molecule has 0 atom stereocenters. The molecular weight excluding hydrogens is 412 g/mol. The highest BCUT2D eigenvalue weighted by molar-refractivity contribution is 7.99. The van der Waals surface area contributed by atoms with E-state index in [0.29, 0.717) is 15.9 Å². The van der Waals surface area contributed by atoms with Crippen LogP contribution in [0.1, 0.15) is 0 Å². The number of carbonyl (C=O) groups excluding carboxylic acids is 1. The van der Waals surface area contributed by atoms with Gasteiger partial charge in [0, 0.05) is 0 Å². The average Bonchev–Trinajstić information content (AvgIpc) is 3.44. The average molecular weight is 425 g/mol. The van der Waals surface area contributed by atoms with Crippen molar-refractivity contribution in [3.05, 3.63) is 53.9 Å². The molecule has 0 bridgehead atoms. The number of nitrogens with zero attached hydrogens (tertiary/aromatic N) is 5. The molecule has 28 heavy (non-hydrogen) atoms. The van der Waals surface area contributed by atoms with E-state index in [0.717, 1.165) is 20.8 Å². The zero-order valence-corrected chi connectivity index (χ0v) is 16.7. The summed E-state index contributed by atoms with van der Waals surface area (Å²) in [5, 5.41) is 18.9. The number of rotatable bonds is 5. The Morgan fingerprint density at radius 2 is 2.04 bits per heavy atom. The lowest BCUT2D eigenvalue weighted by Gasteiger charge is -2.02. The van der Waals surface area contributed by atoms with Crippen LogP contribution in [0.2, 0.25) is 0 Å². The quantitative estimate of drug-likeness (QED) is 0.426. The summed E-state index contributed by atoms with van der Waals surface area (Å²) >= 11 is 4.37. The number of nitrogens with one attached hydrogen (secondary N) is 1. The molecule has 0 saturated carbocycles. The van der Waals surface area contributed by atoms with Crippen molar-refractivity contribution in [1.82, 2.24) is 24.8 Å². The topological polar surface area (TPSA) is 85.1 Å². The van der Waals surface area contributed by atoms with Crippen LogP contribution in [0.3, 0.4) is 0 Å². The molecule has 0 spiro atoms. The molecule has 5 rings (SSSR count). The summed E-state index contributed by atoms with van der Waals surface area (Å²) < 4.78 is 2.71. The Labute approximate surface area is 171 Å². The summed E-state index contributed by atoms with van der Waals surface area (Å²) in [7, 11) is 0. The number of anilines is 1. The molecule has 0 aliphatic rings. The van der Waals surface area contributed by atoms with Gasteiger partial charge in [-0.1, -0.05) is 41.3 Å². The molecule has 4 heterocycles. The summed E-state index contributed by atoms with van der Waals surface area (Å²) in [6.45, 7) is 0. The molecule has 10 heteroatoms. The number of aromatic nitrogens is 5. The first-order chi connectivity index (χ1) is 13.8. The van der Waals surface area contributed by atoms with Crippen molar-refractivity contribution in [2.24, 2.45) is 0 Å². The van der Waals surface area contributed by atoms with Gasteiger partial charge in [0.25, 0.3) is 0 Å². The van der Waals surface area contributed by atoms with E-state index in [9.17, 15) is 4.79 Å². The maximum absolute atomic E-state index is 12.3. The normalized spacial score (nSPS) is 11.3. The fourth-order valence-electron chi connectivity index (χ4n) is 2.63. The fourth-order valence-corrected chi connectivity index (χ4v) is 4.89. The second-order valence-corrected chi connectivity index (χ2v) is 8.69. The van der Waals surface area contributed by atoms with E-state index in [1.165, 1.54) is 23.1 Å². The van der Waals surface area contributed by atoms with Gasteiger partial charge in [-0.3, -0.25) is 4.79 Å². The lowest BCUT2D eigenvalue weighted by Crippen LogP contribution is -2.14. The Kier molecular flexibility index (Phi) is 4.51. The number of carbonyl (C=O) groups is 1. The van der Waals surface area contributed by atoms with E-state index < -0.39 is 0 Å². The maximum Gasteiger partial charge on any atom is 0.236 e. The first-order valence-electron chi connectivity index (χ1n) is 8.31. The number of amides is 1. The van der Waals surface area contributed by atoms with Crippen molar-refractivity contribution < 1.29 is 4.79 Å². The second-order valence-electron chi connectivity index (χ2n) is 5.77. The zero-order chi connectivity index (χ0) is 18.9. The van der Waals surface area contributed by atoms with Crippen LogP contribution < -0.4 is 5.32 Å². The van der Waals surface area contributed by atoms with Crippen LogP contribution in [0, 0.1) is 0 Å². The van der Waals surface area contributed by atoms with Gasteiger partial charge >= 0.3 is 0 Å². The third kappa shape index (κ3) is 3.37. The summed E-state index contributed by atoms with van der Waals surface area (Å²) in [5.74, 6) is 0.0527. The Hall–Kier alpha value is -2.82. The highest BCUT2D eigenvalue weighted by Crippen LogP contribution is 2.26. The lowest BCUT2D eigenvalue weighted by molar-refractivity contribution is -0.113. The van der Waals surface area contributed by atoms with E-state index in [1.807, 2.05) is 53.9 Å². The van der Waals surface area contributed by atoms with E-state index in [1.54, 1.807) is 15.9 Å². The third-order valence-corrected chi connectivity index (χ3v) is 6.64. The number of thiophene rings is 1. The molecule has 0 radical (unpaired) electrons. The molecule has 0 unspecified atom stereocenters. The molecule has 0 fully saturated rings. The van der Waals surface area contributed by atoms with Gasteiger partial charge < -0.3 is 5.32 Å². The SMILES string of the molecule is O=C(CSc1nnc2ccc(-c3cccs3)nn12)Nc1nc2ccccc2s1. The Morgan fingerprint density at radius 3 is 2.89 bits per heavy atom. The number of thiazole rings is 1. The molecule has 5 aromatic rings. The monoisotopic (exact) mass is 424 g/mol. The number of thioether (sulfide) groups is 1. The van der Waals surface area contributed by atoms with Crippen molar-refractivity contribution in [2.45, 2.75) is 5.16 Å². The predicted octanol–water partition coefficient (Wildman–Crippen LogP) is 4.19. The van der Waals surface area contributed by atoms with Crippen molar-refractivity contribution >= 4 is 61.3 Å². The number of hydrogen-bond acceptors (Lipinski definition) is 8. The number of hydrogen-bond donors (Lipinski definition) is 1. The number of para-hydroxylation sites is 1. The molecule has 7 nitrogen and oxygen atoms in total. The fraction of sp³-hybridized carbons (Fsp3) is 0.0556. The van der Waals surface area contributed by atoms with Gasteiger partial charge in [-0.05, 0) is 35.7 Å². The highest BCUT2D eigenvalue weighted by Gasteiger charge is 2.13. The highest BCUT2D eigenvalue weighted by atomic mass is 32.2. The summed E-state index contributed by atoms with van der Waals surface area (Å²) in [6.07, 6.45) is 0. The maximum atomic E-state index is 12.3. The van der Waals surface area contributed by atoms with Gasteiger partial charge in [0.1, 0.15) is 5.69 Å². The Morgan fingerprint density at radius 1 is 1.11 bits per heavy atom. The van der Waals surface area contributed by atoms with E-state index >= 15 is 0 Å². The first kappa shape index (κ1) is 17.3. The van der Waals surface area contributed by atoms with Gasteiger partial charge in [-0.15, -0.1) is 21.5 Å². The minimum Gasteiger partial charge on any atom is -0.301 e. The largest absolute Gasteiger partial charge is 0.301 e. The van der Waals surface area contributed by atoms with Crippen LogP contribution in [0.15, 0.2) is 59.1 Å². The van der Waals surface area contributed by atoms with Gasteiger partial charge in [0.15, 0.2) is 10.8 Å². The van der Waals surface area contributed by atoms with Crippen molar-refractivity contribution in [2.75, 3.05) is 11.1 Å². The summed E-state index contributed by atoms with van der Waals surface area (Å²) in [6, 6.07) is 15.6. The first-order valence-corrected chi connectivity index (χ1v) is 11.0. The summed E-state index contributed by atoms with van der Waals surface area (Å²) in [4.78, 5) is 17.8. The zero-order valence-electron chi connectivity index (χ0n) is 14.3.